The highest BCUT2D eigenvalue weighted by Crippen LogP contribution is 2.16. The quantitative estimate of drug-likeness (QED) is 0.803. The van der Waals surface area contributed by atoms with Crippen molar-refractivity contribution in [2.45, 2.75) is 26.3 Å². The van der Waals surface area contributed by atoms with Gasteiger partial charge in [0.25, 0.3) is 0 Å². The van der Waals surface area contributed by atoms with E-state index in [1.165, 1.54) is 0 Å². The third-order valence-electron chi connectivity index (χ3n) is 3.10. The molecule has 0 unspecified atom stereocenters. The van der Waals surface area contributed by atoms with Crippen molar-refractivity contribution in [3.63, 3.8) is 0 Å². The van der Waals surface area contributed by atoms with Crippen molar-refractivity contribution in [3.05, 3.63) is 0 Å². The lowest BCUT2D eigenvalue weighted by atomic mass is 10.1. The molecule has 20 heavy (non-hydrogen) atoms. The molecule has 0 saturated carbocycles. The number of nitrogens with zero attached hydrogens (tertiary/aromatic N) is 5. The minimum absolute atomic E-state index is 0.0940. The van der Waals surface area contributed by atoms with Crippen LogP contribution >= 0.6 is 0 Å². The molecule has 0 bridgehead atoms. The molecule has 0 saturated heterocycles. The highest BCUT2D eigenvalue weighted by atomic mass is 16.5. The van der Waals surface area contributed by atoms with Crippen LogP contribution in [0.3, 0.4) is 0 Å². The number of likely N-dealkylation sites (N-methyl/N-ethyl adjacent to an activating group) is 1. The summed E-state index contributed by atoms with van der Waals surface area (Å²) in [7, 11) is 7.81. The maximum absolute atomic E-state index is 5.74. The van der Waals surface area contributed by atoms with Gasteiger partial charge in [-0.15, -0.1) is 0 Å². The summed E-state index contributed by atoms with van der Waals surface area (Å²) < 4.78 is 5.74. The SMILES string of the molecule is CCNc1nc(OCC(C)(C)N(C)C)nc(N(C)C)n1. The fraction of sp³-hybridized carbons (Fsp3) is 0.769. The van der Waals surface area contributed by atoms with Crippen LogP contribution in [0.2, 0.25) is 0 Å². The van der Waals surface area contributed by atoms with Gasteiger partial charge in [-0.1, -0.05) is 0 Å². The Labute approximate surface area is 121 Å². The van der Waals surface area contributed by atoms with Gasteiger partial charge in [0.15, 0.2) is 0 Å². The van der Waals surface area contributed by atoms with E-state index in [0.29, 0.717) is 24.5 Å². The second-order valence-corrected chi connectivity index (χ2v) is 5.66. The van der Waals surface area contributed by atoms with Crippen LogP contribution in [-0.4, -0.2) is 66.7 Å². The van der Waals surface area contributed by atoms with Crippen molar-refractivity contribution in [3.8, 4) is 6.01 Å². The minimum atomic E-state index is -0.0940. The zero-order chi connectivity index (χ0) is 15.3. The molecule has 7 heteroatoms. The van der Waals surface area contributed by atoms with Gasteiger partial charge in [-0.3, -0.25) is 0 Å². The second-order valence-electron chi connectivity index (χ2n) is 5.66. The molecule has 0 aromatic carbocycles. The first-order valence-corrected chi connectivity index (χ1v) is 6.73. The fourth-order valence-electron chi connectivity index (χ4n) is 1.22. The summed E-state index contributed by atoms with van der Waals surface area (Å²) in [5.41, 5.74) is -0.0940. The van der Waals surface area contributed by atoms with Gasteiger partial charge in [0.2, 0.25) is 11.9 Å². The molecule has 1 aromatic heterocycles. The monoisotopic (exact) mass is 282 g/mol. The maximum Gasteiger partial charge on any atom is 0.323 e. The number of nitrogens with one attached hydrogen (secondary N) is 1. The van der Waals surface area contributed by atoms with E-state index in [1.54, 1.807) is 0 Å². The van der Waals surface area contributed by atoms with Crippen LogP contribution in [0, 0.1) is 0 Å². The lowest BCUT2D eigenvalue weighted by Crippen LogP contribution is -2.43. The Bertz CT molecular complexity index is 433. The lowest BCUT2D eigenvalue weighted by Gasteiger charge is -2.31. The van der Waals surface area contributed by atoms with Crippen LogP contribution in [-0.2, 0) is 0 Å². The van der Waals surface area contributed by atoms with Crippen LogP contribution in [0.15, 0.2) is 0 Å². The Morgan fingerprint density at radius 3 is 2.25 bits per heavy atom. The van der Waals surface area contributed by atoms with E-state index < -0.39 is 0 Å². The highest BCUT2D eigenvalue weighted by Gasteiger charge is 2.22. The molecule has 0 atom stereocenters. The van der Waals surface area contributed by atoms with Gasteiger partial charge in [0, 0.05) is 26.2 Å². The number of rotatable bonds is 7. The summed E-state index contributed by atoms with van der Waals surface area (Å²) in [5, 5.41) is 3.08. The van der Waals surface area contributed by atoms with Crippen LogP contribution in [0.1, 0.15) is 20.8 Å². The molecule has 0 aliphatic carbocycles. The molecule has 114 valence electrons. The highest BCUT2D eigenvalue weighted by molar-refractivity contribution is 5.36. The maximum atomic E-state index is 5.74. The number of hydrogen-bond donors (Lipinski definition) is 1. The molecule has 0 aliphatic heterocycles. The molecule has 1 rings (SSSR count). The first-order chi connectivity index (χ1) is 9.26. The molecule has 0 aliphatic rings. The van der Waals surface area contributed by atoms with Gasteiger partial charge in [-0.05, 0) is 34.9 Å². The lowest BCUT2D eigenvalue weighted by molar-refractivity contribution is 0.108. The smallest absolute Gasteiger partial charge is 0.323 e. The average molecular weight is 282 g/mol. The van der Waals surface area contributed by atoms with Crippen molar-refractivity contribution in [2.24, 2.45) is 0 Å². The Morgan fingerprint density at radius 2 is 1.75 bits per heavy atom. The molecule has 0 spiro atoms. The molecule has 0 fully saturated rings. The molecular formula is C13H26N6O. The van der Waals surface area contributed by atoms with E-state index in [1.807, 2.05) is 40.0 Å². The van der Waals surface area contributed by atoms with Crippen LogP contribution in [0.4, 0.5) is 11.9 Å². The Kier molecular flexibility index (Phi) is 5.50. The van der Waals surface area contributed by atoms with E-state index in [9.17, 15) is 0 Å². The van der Waals surface area contributed by atoms with Gasteiger partial charge in [0.05, 0.1) is 0 Å². The van der Waals surface area contributed by atoms with Gasteiger partial charge >= 0.3 is 6.01 Å². The van der Waals surface area contributed by atoms with E-state index in [-0.39, 0.29) is 5.54 Å². The van der Waals surface area contributed by atoms with Crippen LogP contribution in [0.5, 0.6) is 6.01 Å². The van der Waals surface area contributed by atoms with Crippen molar-refractivity contribution in [1.29, 1.82) is 0 Å². The molecule has 1 N–H and O–H groups in total. The second kappa shape index (κ2) is 6.69. The van der Waals surface area contributed by atoms with Gasteiger partial charge < -0.3 is 19.9 Å². The number of anilines is 2. The van der Waals surface area contributed by atoms with Crippen molar-refractivity contribution in [1.82, 2.24) is 19.9 Å². The zero-order valence-corrected chi connectivity index (χ0v) is 13.6. The predicted octanol–water partition coefficient (Wildman–Crippen LogP) is 1.09. The number of aromatic nitrogens is 3. The van der Waals surface area contributed by atoms with E-state index >= 15 is 0 Å². The van der Waals surface area contributed by atoms with Crippen molar-refractivity contribution >= 4 is 11.9 Å². The Hall–Kier alpha value is -1.63. The molecular weight excluding hydrogens is 256 g/mol. The van der Waals surface area contributed by atoms with Gasteiger partial charge in [0.1, 0.15) is 6.61 Å². The first kappa shape index (κ1) is 16.4. The van der Waals surface area contributed by atoms with E-state index in [4.69, 9.17) is 4.74 Å². The molecule has 0 amide bonds. The summed E-state index contributed by atoms with van der Waals surface area (Å²) in [6, 6.07) is 0.342. The Balaban J connectivity index is 2.88. The topological polar surface area (TPSA) is 66.4 Å². The largest absolute Gasteiger partial charge is 0.461 e. The minimum Gasteiger partial charge on any atom is -0.461 e. The number of hydrogen-bond acceptors (Lipinski definition) is 7. The standard InChI is InChI=1S/C13H26N6O/c1-8-14-10-15-11(18(4)5)17-12(16-10)20-9-13(2,3)19(6)7/h8-9H2,1-7H3,(H,14,15,16,17). The third kappa shape index (κ3) is 4.48. The Morgan fingerprint density at radius 1 is 1.10 bits per heavy atom. The normalized spacial score (nSPS) is 11.6. The molecule has 7 nitrogen and oxygen atoms in total. The molecule has 0 radical (unpaired) electrons. The van der Waals surface area contributed by atoms with Crippen molar-refractivity contribution in [2.75, 3.05) is 51.6 Å². The molecule has 1 aromatic rings. The third-order valence-corrected chi connectivity index (χ3v) is 3.10. The van der Waals surface area contributed by atoms with Gasteiger partial charge in [-0.25, -0.2) is 0 Å². The summed E-state index contributed by atoms with van der Waals surface area (Å²) in [6.07, 6.45) is 0. The fourth-order valence-corrected chi connectivity index (χ4v) is 1.22. The predicted molar refractivity (Wildman–Crippen MR) is 81.6 cm³/mol. The van der Waals surface area contributed by atoms with Crippen molar-refractivity contribution < 1.29 is 4.74 Å². The zero-order valence-electron chi connectivity index (χ0n) is 13.6. The van der Waals surface area contributed by atoms with E-state index in [0.717, 1.165) is 6.54 Å². The van der Waals surface area contributed by atoms with Gasteiger partial charge in [-0.2, -0.15) is 15.0 Å². The van der Waals surface area contributed by atoms with Crippen LogP contribution in [0.25, 0.3) is 0 Å². The average Bonchev–Trinajstić information content (AvgIpc) is 2.36. The number of ether oxygens (including phenoxy) is 1. The van der Waals surface area contributed by atoms with E-state index in [2.05, 4.69) is 39.0 Å². The molecule has 1 heterocycles. The summed E-state index contributed by atoms with van der Waals surface area (Å²) in [5.74, 6) is 1.11. The summed E-state index contributed by atoms with van der Waals surface area (Å²) >= 11 is 0. The van der Waals surface area contributed by atoms with Crippen LogP contribution < -0.4 is 15.0 Å². The first-order valence-electron chi connectivity index (χ1n) is 6.73. The summed E-state index contributed by atoms with van der Waals surface area (Å²) in [4.78, 5) is 16.8. The summed E-state index contributed by atoms with van der Waals surface area (Å²) in [6.45, 7) is 7.45.